The Morgan fingerprint density at radius 3 is 2.81 bits per heavy atom. The number of aromatic nitrogens is 2. The quantitative estimate of drug-likeness (QED) is 0.910. The van der Waals surface area contributed by atoms with Gasteiger partial charge in [0.25, 0.3) is 0 Å². The van der Waals surface area contributed by atoms with Gasteiger partial charge in [0.1, 0.15) is 0 Å². The van der Waals surface area contributed by atoms with Crippen molar-refractivity contribution in [3.8, 4) is 0 Å². The van der Waals surface area contributed by atoms with Gasteiger partial charge in [-0.1, -0.05) is 35.9 Å². The van der Waals surface area contributed by atoms with Gasteiger partial charge in [-0.25, -0.2) is 0 Å². The van der Waals surface area contributed by atoms with Crippen molar-refractivity contribution in [3.05, 3.63) is 40.5 Å². The van der Waals surface area contributed by atoms with Crippen molar-refractivity contribution in [2.45, 2.75) is 13.3 Å². The molecule has 1 aromatic heterocycles. The Balaban J connectivity index is 1.89. The van der Waals surface area contributed by atoms with E-state index in [1.807, 2.05) is 6.07 Å². The minimum absolute atomic E-state index is 0.454. The molecule has 1 heterocycles. The molecular formula is C11H12ClN3S. The number of anilines is 1. The highest BCUT2D eigenvalue weighted by atomic mass is 35.5. The molecule has 0 spiro atoms. The molecule has 5 heteroatoms. The topological polar surface area (TPSA) is 37.8 Å². The number of nitrogens with one attached hydrogen (secondary N) is 1. The molecular weight excluding hydrogens is 242 g/mol. The van der Waals surface area contributed by atoms with Crippen LogP contribution in [0.4, 0.5) is 5.82 Å². The van der Waals surface area contributed by atoms with E-state index in [0.717, 1.165) is 24.7 Å². The standard InChI is InChI=1S/C11H12ClN3S/c1-8-4-2-3-5-9(8)6-7-13-11-10(12)14-16-15-11/h2-5H,6-7H2,1H3,(H,13,15). The Morgan fingerprint density at radius 1 is 1.31 bits per heavy atom. The molecule has 0 aliphatic rings. The third kappa shape index (κ3) is 2.71. The molecule has 0 bridgehead atoms. The van der Waals surface area contributed by atoms with Gasteiger partial charge < -0.3 is 5.32 Å². The van der Waals surface area contributed by atoms with Gasteiger partial charge in [0.05, 0.1) is 11.7 Å². The molecule has 0 aliphatic heterocycles. The molecule has 0 atom stereocenters. The zero-order valence-corrected chi connectivity index (χ0v) is 10.5. The lowest BCUT2D eigenvalue weighted by Gasteiger charge is -2.06. The maximum atomic E-state index is 5.83. The van der Waals surface area contributed by atoms with Gasteiger partial charge in [-0.2, -0.15) is 8.75 Å². The Kier molecular flexibility index (Phi) is 3.74. The van der Waals surface area contributed by atoms with E-state index in [1.165, 1.54) is 11.1 Å². The van der Waals surface area contributed by atoms with Crippen LogP contribution < -0.4 is 5.32 Å². The fourth-order valence-corrected chi connectivity index (χ4v) is 2.17. The summed E-state index contributed by atoms with van der Waals surface area (Å²) < 4.78 is 7.95. The minimum atomic E-state index is 0.454. The van der Waals surface area contributed by atoms with E-state index in [0.29, 0.717) is 11.0 Å². The molecule has 0 aliphatic carbocycles. The maximum Gasteiger partial charge on any atom is 0.186 e. The summed E-state index contributed by atoms with van der Waals surface area (Å²) in [4.78, 5) is 0. The molecule has 3 nitrogen and oxygen atoms in total. The van der Waals surface area contributed by atoms with Crippen LogP contribution in [0.2, 0.25) is 5.15 Å². The van der Waals surface area contributed by atoms with Crippen molar-refractivity contribution in [1.29, 1.82) is 0 Å². The number of hydrogen-bond donors (Lipinski definition) is 1. The summed E-state index contributed by atoms with van der Waals surface area (Å²) >= 11 is 6.95. The number of rotatable bonds is 4. The van der Waals surface area contributed by atoms with Crippen LogP contribution in [0.5, 0.6) is 0 Å². The van der Waals surface area contributed by atoms with Crippen molar-refractivity contribution >= 4 is 29.1 Å². The second-order valence-corrected chi connectivity index (χ2v) is 4.39. The molecule has 0 unspecified atom stereocenters. The smallest absolute Gasteiger partial charge is 0.186 e. The molecule has 2 aromatic rings. The Bertz CT molecular complexity index is 470. The van der Waals surface area contributed by atoms with Gasteiger partial charge in [0, 0.05) is 6.54 Å². The number of nitrogens with zero attached hydrogens (tertiary/aromatic N) is 2. The second kappa shape index (κ2) is 5.27. The van der Waals surface area contributed by atoms with Crippen LogP contribution in [0.1, 0.15) is 11.1 Å². The van der Waals surface area contributed by atoms with E-state index in [4.69, 9.17) is 11.6 Å². The Morgan fingerprint density at radius 2 is 2.12 bits per heavy atom. The molecule has 1 aromatic carbocycles. The Hall–Kier alpha value is -1.13. The van der Waals surface area contributed by atoms with Crippen molar-refractivity contribution < 1.29 is 0 Å². The van der Waals surface area contributed by atoms with Gasteiger partial charge >= 0.3 is 0 Å². The fraction of sp³-hybridized carbons (Fsp3) is 0.273. The predicted molar refractivity (Wildman–Crippen MR) is 68.3 cm³/mol. The molecule has 1 N–H and O–H groups in total. The summed E-state index contributed by atoms with van der Waals surface area (Å²) in [6.45, 7) is 2.93. The second-order valence-electron chi connectivity index (χ2n) is 3.51. The number of benzene rings is 1. The molecule has 0 saturated carbocycles. The van der Waals surface area contributed by atoms with E-state index in [-0.39, 0.29) is 0 Å². The number of aryl methyl sites for hydroxylation is 1. The summed E-state index contributed by atoms with van der Waals surface area (Å²) in [5.41, 5.74) is 2.65. The molecule has 2 rings (SSSR count). The molecule has 16 heavy (non-hydrogen) atoms. The third-order valence-corrected chi connectivity index (χ3v) is 3.29. The van der Waals surface area contributed by atoms with Crippen LogP contribution in [0.25, 0.3) is 0 Å². The van der Waals surface area contributed by atoms with Crippen LogP contribution in [0.3, 0.4) is 0 Å². The van der Waals surface area contributed by atoms with Gasteiger partial charge in [-0.05, 0) is 24.5 Å². The zero-order valence-electron chi connectivity index (χ0n) is 8.90. The summed E-state index contributed by atoms with van der Waals surface area (Å²) in [5, 5.41) is 3.63. The highest BCUT2D eigenvalue weighted by molar-refractivity contribution is 6.99. The summed E-state index contributed by atoms with van der Waals surface area (Å²) in [6, 6.07) is 8.36. The van der Waals surface area contributed by atoms with Gasteiger partial charge in [-0.15, -0.1) is 0 Å². The van der Waals surface area contributed by atoms with Gasteiger partial charge in [0.15, 0.2) is 11.0 Å². The number of halogens is 1. The number of hydrogen-bond acceptors (Lipinski definition) is 4. The molecule has 84 valence electrons. The van der Waals surface area contributed by atoms with Crippen molar-refractivity contribution in [3.63, 3.8) is 0 Å². The summed E-state index contributed by atoms with van der Waals surface area (Å²) in [5.74, 6) is 0.681. The van der Waals surface area contributed by atoms with Crippen LogP contribution in [-0.2, 0) is 6.42 Å². The average Bonchev–Trinajstić information content (AvgIpc) is 2.67. The maximum absolute atomic E-state index is 5.83. The lowest BCUT2D eigenvalue weighted by atomic mass is 10.1. The first-order chi connectivity index (χ1) is 7.77. The first kappa shape index (κ1) is 11.4. The van der Waals surface area contributed by atoms with Crippen LogP contribution in [0, 0.1) is 6.92 Å². The van der Waals surface area contributed by atoms with E-state index < -0.39 is 0 Å². The molecule has 0 amide bonds. The largest absolute Gasteiger partial charge is 0.366 e. The minimum Gasteiger partial charge on any atom is -0.366 e. The Labute approximate surface area is 104 Å². The first-order valence-electron chi connectivity index (χ1n) is 5.04. The van der Waals surface area contributed by atoms with Crippen molar-refractivity contribution in [2.24, 2.45) is 0 Å². The zero-order chi connectivity index (χ0) is 11.4. The molecule has 0 fully saturated rings. The normalized spacial score (nSPS) is 10.4. The van der Waals surface area contributed by atoms with Crippen molar-refractivity contribution in [2.75, 3.05) is 11.9 Å². The van der Waals surface area contributed by atoms with E-state index in [2.05, 4.69) is 39.2 Å². The van der Waals surface area contributed by atoms with Crippen LogP contribution >= 0.6 is 23.3 Å². The average molecular weight is 254 g/mol. The lowest BCUT2D eigenvalue weighted by molar-refractivity contribution is 0.999. The molecule has 0 radical (unpaired) electrons. The van der Waals surface area contributed by atoms with Crippen LogP contribution in [-0.4, -0.2) is 15.3 Å². The lowest BCUT2D eigenvalue weighted by Crippen LogP contribution is -2.06. The first-order valence-corrected chi connectivity index (χ1v) is 6.14. The fourth-order valence-electron chi connectivity index (χ4n) is 1.49. The molecule has 0 saturated heterocycles. The van der Waals surface area contributed by atoms with Crippen LogP contribution in [0.15, 0.2) is 24.3 Å². The monoisotopic (exact) mass is 253 g/mol. The summed E-state index contributed by atoms with van der Waals surface area (Å²) in [7, 11) is 0. The van der Waals surface area contributed by atoms with E-state index >= 15 is 0 Å². The predicted octanol–water partition coefficient (Wildman–Crippen LogP) is 3.15. The highest BCUT2D eigenvalue weighted by Crippen LogP contribution is 2.17. The third-order valence-electron chi connectivity index (χ3n) is 2.40. The van der Waals surface area contributed by atoms with Gasteiger partial charge in [0.2, 0.25) is 0 Å². The van der Waals surface area contributed by atoms with E-state index in [1.54, 1.807) is 0 Å². The van der Waals surface area contributed by atoms with E-state index in [9.17, 15) is 0 Å². The van der Waals surface area contributed by atoms with Crippen molar-refractivity contribution in [1.82, 2.24) is 8.75 Å². The summed E-state index contributed by atoms with van der Waals surface area (Å²) in [6.07, 6.45) is 0.959. The highest BCUT2D eigenvalue weighted by Gasteiger charge is 2.04. The SMILES string of the molecule is Cc1ccccc1CCNc1nsnc1Cl. The van der Waals surface area contributed by atoms with Gasteiger partial charge in [-0.3, -0.25) is 0 Å².